The van der Waals surface area contributed by atoms with Crippen LogP contribution in [-0.2, 0) is 4.79 Å². The standard InChI is InChI=1S/C14H19NO4/c1-4-19-11-8-6-5-7-10(11)13(18)15-14(2,3)9-12(16)17/h5-8H,4,9H2,1-3H3,(H,15,18)(H,16,17). The molecule has 0 atom stereocenters. The van der Waals surface area contributed by atoms with Crippen LogP contribution in [0.1, 0.15) is 37.6 Å². The Kier molecular flexibility index (Phi) is 4.92. The summed E-state index contributed by atoms with van der Waals surface area (Å²) in [4.78, 5) is 22.9. The monoisotopic (exact) mass is 265 g/mol. The minimum Gasteiger partial charge on any atom is -0.493 e. The first-order valence-corrected chi connectivity index (χ1v) is 6.12. The van der Waals surface area contributed by atoms with E-state index in [1.165, 1.54) is 0 Å². The molecule has 0 aliphatic rings. The van der Waals surface area contributed by atoms with E-state index in [0.717, 1.165) is 0 Å². The van der Waals surface area contributed by atoms with Gasteiger partial charge in [-0.1, -0.05) is 12.1 Å². The molecule has 2 N–H and O–H groups in total. The van der Waals surface area contributed by atoms with Gasteiger partial charge in [0.2, 0.25) is 0 Å². The fraction of sp³-hybridized carbons (Fsp3) is 0.429. The lowest BCUT2D eigenvalue weighted by Gasteiger charge is -2.24. The Labute approximate surface area is 112 Å². The first-order valence-electron chi connectivity index (χ1n) is 6.12. The molecule has 0 saturated carbocycles. The Morgan fingerprint density at radius 2 is 1.95 bits per heavy atom. The number of amides is 1. The molecule has 0 spiro atoms. The van der Waals surface area contributed by atoms with Crippen LogP contribution in [0.3, 0.4) is 0 Å². The Balaban J connectivity index is 2.86. The summed E-state index contributed by atoms with van der Waals surface area (Å²) in [7, 11) is 0. The molecule has 0 aliphatic heterocycles. The maximum Gasteiger partial charge on any atom is 0.305 e. The van der Waals surface area contributed by atoms with Crippen molar-refractivity contribution < 1.29 is 19.4 Å². The van der Waals surface area contributed by atoms with E-state index in [-0.39, 0.29) is 12.3 Å². The van der Waals surface area contributed by atoms with Gasteiger partial charge in [0.25, 0.3) is 5.91 Å². The fourth-order valence-corrected chi connectivity index (χ4v) is 1.73. The van der Waals surface area contributed by atoms with Crippen LogP contribution >= 0.6 is 0 Å². The molecule has 5 nitrogen and oxygen atoms in total. The predicted molar refractivity (Wildman–Crippen MR) is 71.4 cm³/mol. The summed E-state index contributed by atoms with van der Waals surface area (Å²) < 4.78 is 5.38. The number of aliphatic carboxylic acids is 1. The van der Waals surface area contributed by atoms with Crippen LogP contribution in [0.4, 0.5) is 0 Å². The molecule has 0 aliphatic carbocycles. The quantitative estimate of drug-likeness (QED) is 0.825. The zero-order valence-electron chi connectivity index (χ0n) is 11.4. The molecule has 1 amide bonds. The molecule has 19 heavy (non-hydrogen) atoms. The van der Waals surface area contributed by atoms with Gasteiger partial charge >= 0.3 is 5.97 Å². The van der Waals surface area contributed by atoms with Crippen molar-refractivity contribution in [1.82, 2.24) is 5.32 Å². The summed E-state index contributed by atoms with van der Waals surface area (Å²) in [6, 6.07) is 6.88. The molecule has 0 heterocycles. The van der Waals surface area contributed by atoms with E-state index in [0.29, 0.717) is 17.9 Å². The molecule has 1 rings (SSSR count). The average Bonchev–Trinajstić information content (AvgIpc) is 2.27. The Morgan fingerprint density at radius 3 is 2.53 bits per heavy atom. The van der Waals surface area contributed by atoms with Crippen molar-refractivity contribution in [1.29, 1.82) is 0 Å². The second-order valence-electron chi connectivity index (χ2n) is 4.84. The number of carbonyl (C=O) groups is 2. The molecule has 0 bridgehead atoms. The zero-order chi connectivity index (χ0) is 14.5. The van der Waals surface area contributed by atoms with Crippen molar-refractivity contribution in [3.63, 3.8) is 0 Å². The van der Waals surface area contributed by atoms with Crippen LogP contribution in [0.15, 0.2) is 24.3 Å². The highest BCUT2D eigenvalue weighted by Crippen LogP contribution is 2.19. The number of hydrogen-bond donors (Lipinski definition) is 2. The third-order valence-corrected chi connectivity index (χ3v) is 2.48. The lowest BCUT2D eigenvalue weighted by atomic mass is 10.00. The molecular weight excluding hydrogens is 246 g/mol. The Bertz CT molecular complexity index is 468. The van der Waals surface area contributed by atoms with Crippen LogP contribution < -0.4 is 10.1 Å². The highest BCUT2D eigenvalue weighted by atomic mass is 16.5. The molecule has 0 unspecified atom stereocenters. The van der Waals surface area contributed by atoms with Crippen LogP contribution in [0.25, 0.3) is 0 Å². The largest absolute Gasteiger partial charge is 0.493 e. The minimum atomic E-state index is -0.955. The van der Waals surface area contributed by atoms with Crippen LogP contribution in [-0.4, -0.2) is 29.1 Å². The highest BCUT2D eigenvalue weighted by molar-refractivity contribution is 5.97. The van der Waals surface area contributed by atoms with Gasteiger partial charge in [-0.25, -0.2) is 0 Å². The Hall–Kier alpha value is -2.04. The van der Waals surface area contributed by atoms with Crippen molar-refractivity contribution in [2.24, 2.45) is 0 Å². The summed E-state index contributed by atoms with van der Waals surface area (Å²) >= 11 is 0. The molecule has 5 heteroatoms. The van der Waals surface area contributed by atoms with E-state index < -0.39 is 11.5 Å². The van der Waals surface area contributed by atoms with Gasteiger partial charge in [0.05, 0.1) is 18.6 Å². The molecule has 0 fully saturated rings. The number of carboxylic acids is 1. The number of para-hydroxylation sites is 1. The molecule has 0 aromatic heterocycles. The predicted octanol–water partition coefficient (Wildman–Crippen LogP) is 2.07. The third kappa shape index (κ3) is 4.62. The SMILES string of the molecule is CCOc1ccccc1C(=O)NC(C)(C)CC(=O)O. The first-order chi connectivity index (χ1) is 8.85. The van der Waals surface area contributed by atoms with E-state index in [1.54, 1.807) is 38.1 Å². The molecule has 104 valence electrons. The number of carbonyl (C=O) groups excluding carboxylic acids is 1. The molecule has 1 aromatic carbocycles. The van der Waals surface area contributed by atoms with Crippen molar-refractivity contribution in [3.8, 4) is 5.75 Å². The number of hydrogen-bond acceptors (Lipinski definition) is 3. The maximum absolute atomic E-state index is 12.2. The summed E-state index contributed by atoms with van der Waals surface area (Å²) in [6.45, 7) is 5.64. The van der Waals surface area contributed by atoms with E-state index in [1.807, 2.05) is 6.92 Å². The number of benzene rings is 1. The van der Waals surface area contributed by atoms with Crippen molar-refractivity contribution in [2.45, 2.75) is 32.7 Å². The van der Waals surface area contributed by atoms with Crippen molar-refractivity contribution in [3.05, 3.63) is 29.8 Å². The second kappa shape index (κ2) is 6.22. The van der Waals surface area contributed by atoms with E-state index in [9.17, 15) is 9.59 Å². The van der Waals surface area contributed by atoms with Crippen molar-refractivity contribution in [2.75, 3.05) is 6.61 Å². The van der Waals surface area contributed by atoms with E-state index in [2.05, 4.69) is 5.32 Å². The van der Waals surface area contributed by atoms with Gasteiger partial charge in [0.15, 0.2) is 0 Å². The lowest BCUT2D eigenvalue weighted by Crippen LogP contribution is -2.45. The number of nitrogens with one attached hydrogen (secondary N) is 1. The average molecular weight is 265 g/mol. The molecular formula is C14H19NO4. The molecule has 0 radical (unpaired) electrons. The van der Waals surface area contributed by atoms with Crippen LogP contribution in [0.5, 0.6) is 5.75 Å². The number of carboxylic acid groups (broad SMARTS) is 1. The van der Waals surface area contributed by atoms with Crippen molar-refractivity contribution >= 4 is 11.9 Å². The maximum atomic E-state index is 12.2. The number of ether oxygens (including phenoxy) is 1. The summed E-state index contributed by atoms with van der Waals surface area (Å²) in [5.74, 6) is -0.799. The first kappa shape index (κ1) is 15.0. The number of rotatable bonds is 6. The smallest absolute Gasteiger partial charge is 0.305 e. The molecule has 0 saturated heterocycles. The van der Waals surface area contributed by atoms with Crippen LogP contribution in [0, 0.1) is 0 Å². The highest BCUT2D eigenvalue weighted by Gasteiger charge is 2.25. The summed E-state index contributed by atoms with van der Waals surface area (Å²) in [5, 5.41) is 11.5. The summed E-state index contributed by atoms with van der Waals surface area (Å²) in [6.07, 6.45) is -0.143. The topological polar surface area (TPSA) is 75.6 Å². The van der Waals surface area contributed by atoms with E-state index >= 15 is 0 Å². The zero-order valence-corrected chi connectivity index (χ0v) is 11.4. The molecule has 1 aromatic rings. The summed E-state index contributed by atoms with van der Waals surface area (Å²) in [5.41, 5.74) is -0.412. The van der Waals surface area contributed by atoms with Gasteiger partial charge in [0.1, 0.15) is 5.75 Å². The van der Waals surface area contributed by atoms with Gasteiger partial charge in [-0.2, -0.15) is 0 Å². The van der Waals surface area contributed by atoms with E-state index in [4.69, 9.17) is 9.84 Å². The second-order valence-corrected chi connectivity index (χ2v) is 4.84. The van der Waals surface area contributed by atoms with Gasteiger partial charge in [-0.05, 0) is 32.9 Å². The normalized spacial score (nSPS) is 10.9. The fourth-order valence-electron chi connectivity index (χ4n) is 1.73. The lowest BCUT2D eigenvalue weighted by molar-refractivity contribution is -0.138. The van der Waals surface area contributed by atoms with Crippen LogP contribution in [0.2, 0.25) is 0 Å². The van der Waals surface area contributed by atoms with Gasteiger partial charge in [-0.3, -0.25) is 9.59 Å². The Morgan fingerprint density at radius 1 is 1.32 bits per heavy atom. The van der Waals surface area contributed by atoms with Gasteiger partial charge < -0.3 is 15.2 Å². The van der Waals surface area contributed by atoms with Gasteiger partial charge in [0, 0.05) is 5.54 Å². The van der Waals surface area contributed by atoms with Gasteiger partial charge in [-0.15, -0.1) is 0 Å². The third-order valence-electron chi connectivity index (χ3n) is 2.48. The minimum absolute atomic E-state index is 0.143.